The molecule has 0 saturated heterocycles. The van der Waals surface area contributed by atoms with E-state index in [-0.39, 0.29) is 18.1 Å². The lowest BCUT2D eigenvalue weighted by molar-refractivity contribution is 0.578. The second-order valence-corrected chi connectivity index (χ2v) is 5.03. The van der Waals surface area contributed by atoms with Gasteiger partial charge in [-0.15, -0.1) is 0 Å². The number of nitrogens with two attached hydrogens (primary N) is 1. The predicted molar refractivity (Wildman–Crippen MR) is 79.2 cm³/mol. The van der Waals surface area contributed by atoms with Gasteiger partial charge >= 0.3 is 0 Å². The van der Waals surface area contributed by atoms with Crippen LogP contribution in [0.1, 0.15) is 31.0 Å². The number of aryl methyl sites for hydroxylation is 1. The van der Waals surface area contributed by atoms with Gasteiger partial charge in [0.2, 0.25) is 0 Å². The van der Waals surface area contributed by atoms with Crippen molar-refractivity contribution in [3.05, 3.63) is 57.9 Å². The van der Waals surface area contributed by atoms with E-state index in [1.54, 1.807) is 0 Å². The van der Waals surface area contributed by atoms with E-state index in [0.717, 1.165) is 16.8 Å². The molecule has 3 nitrogen and oxygen atoms in total. The van der Waals surface area contributed by atoms with Crippen molar-refractivity contribution in [3.8, 4) is 11.3 Å². The first kappa shape index (κ1) is 13.6. The van der Waals surface area contributed by atoms with E-state index < -0.39 is 0 Å². The molecule has 1 aromatic heterocycles. The highest BCUT2D eigenvalue weighted by molar-refractivity contribution is 5.61. The number of hydrogen-bond donors (Lipinski definition) is 1. The van der Waals surface area contributed by atoms with Crippen molar-refractivity contribution in [1.29, 1.82) is 0 Å². The summed E-state index contributed by atoms with van der Waals surface area (Å²) < 4.78 is 1.82. The first-order valence-corrected chi connectivity index (χ1v) is 6.56. The van der Waals surface area contributed by atoms with E-state index >= 15 is 0 Å². The molecule has 1 aromatic carbocycles. The fourth-order valence-electron chi connectivity index (χ4n) is 2.38. The average Bonchev–Trinajstić information content (AvgIpc) is 2.39. The second-order valence-electron chi connectivity index (χ2n) is 5.03. The monoisotopic (exact) mass is 256 g/mol. The fraction of sp³-hybridized carbons (Fsp3) is 0.312. The van der Waals surface area contributed by atoms with Crippen molar-refractivity contribution in [2.75, 3.05) is 0 Å². The standard InChI is InChI=1S/C16H20N2O/c1-11(2)18-15(13-7-5-4-6-8-13)9-12(3)14(10-17)16(18)19/h4-9,11H,10,17H2,1-3H3. The Morgan fingerprint density at radius 3 is 2.37 bits per heavy atom. The third kappa shape index (κ3) is 2.47. The van der Waals surface area contributed by atoms with E-state index in [0.29, 0.717) is 5.56 Å². The van der Waals surface area contributed by atoms with E-state index in [1.165, 1.54) is 0 Å². The first-order chi connectivity index (χ1) is 9.06. The van der Waals surface area contributed by atoms with Crippen LogP contribution in [0.3, 0.4) is 0 Å². The van der Waals surface area contributed by atoms with Gasteiger partial charge in [-0.05, 0) is 38.0 Å². The molecule has 1 heterocycles. The van der Waals surface area contributed by atoms with Crippen LogP contribution in [-0.4, -0.2) is 4.57 Å². The van der Waals surface area contributed by atoms with Gasteiger partial charge in [-0.25, -0.2) is 0 Å². The van der Waals surface area contributed by atoms with Crippen LogP contribution < -0.4 is 11.3 Å². The number of hydrogen-bond acceptors (Lipinski definition) is 2. The summed E-state index contributed by atoms with van der Waals surface area (Å²) in [5.74, 6) is 0. The van der Waals surface area contributed by atoms with Gasteiger partial charge in [-0.3, -0.25) is 4.79 Å². The van der Waals surface area contributed by atoms with Gasteiger partial charge in [-0.1, -0.05) is 30.3 Å². The Kier molecular flexibility index (Phi) is 3.86. The Bertz CT molecular complexity index is 627. The molecule has 0 bridgehead atoms. The maximum absolute atomic E-state index is 12.5. The lowest BCUT2D eigenvalue weighted by atomic mass is 10.0. The van der Waals surface area contributed by atoms with Gasteiger partial charge in [0.15, 0.2) is 0 Å². The summed E-state index contributed by atoms with van der Waals surface area (Å²) >= 11 is 0. The molecule has 100 valence electrons. The van der Waals surface area contributed by atoms with Crippen molar-refractivity contribution in [2.45, 2.75) is 33.4 Å². The van der Waals surface area contributed by atoms with Crippen LogP contribution in [0.15, 0.2) is 41.2 Å². The van der Waals surface area contributed by atoms with Crippen LogP contribution in [0.4, 0.5) is 0 Å². The van der Waals surface area contributed by atoms with E-state index in [2.05, 4.69) is 6.07 Å². The highest BCUT2D eigenvalue weighted by atomic mass is 16.1. The van der Waals surface area contributed by atoms with Gasteiger partial charge in [0, 0.05) is 18.2 Å². The minimum absolute atomic E-state index is 0.0244. The molecule has 2 rings (SSSR count). The Labute approximate surface area is 113 Å². The summed E-state index contributed by atoms with van der Waals surface area (Å²) in [6, 6.07) is 12.1. The molecule has 0 fully saturated rings. The second kappa shape index (κ2) is 5.41. The first-order valence-electron chi connectivity index (χ1n) is 6.56. The zero-order valence-electron chi connectivity index (χ0n) is 11.7. The number of rotatable bonds is 3. The van der Waals surface area contributed by atoms with Crippen LogP contribution in [0.5, 0.6) is 0 Å². The maximum Gasteiger partial charge on any atom is 0.256 e. The molecule has 0 amide bonds. The van der Waals surface area contributed by atoms with Gasteiger partial charge < -0.3 is 10.3 Å². The lowest BCUT2D eigenvalue weighted by Crippen LogP contribution is -2.29. The van der Waals surface area contributed by atoms with Gasteiger partial charge in [0.1, 0.15) is 0 Å². The summed E-state index contributed by atoms with van der Waals surface area (Å²) in [6.45, 7) is 6.26. The Hall–Kier alpha value is -1.87. The van der Waals surface area contributed by atoms with Gasteiger partial charge in [0.25, 0.3) is 5.56 Å². The molecule has 0 aliphatic rings. The van der Waals surface area contributed by atoms with E-state index in [1.807, 2.05) is 55.7 Å². The largest absolute Gasteiger partial charge is 0.326 e. The topological polar surface area (TPSA) is 48.0 Å². The van der Waals surface area contributed by atoms with Crippen LogP contribution in [-0.2, 0) is 6.54 Å². The molecule has 3 heteroatoms. The molecular weight excluding hydrogens is 236 g/mol. The highest BCUT2D eigenvalue weighted by Gasteiger charge is 2.14. The lowest BCUT2D eigenvalue weighted by Gasteiger charge is -2.19. The Morgan fingerprint density at radius 2 is 1.84 bits per heavy atom. The zero-order chi connectivity index (χ0) is 14.0. The molecular formula is C16H20N2O. The number of pyridine rings is 1. The van der Waals surface area contributed by atoms with Gasteiger partial charge in [0.05, 0.1) is 5.69 Å². The van der Waals surface area contributed by atoms with Crippen molar-refractivity contribution in [3.63, 3.8) is 0 Å². The van der Waals surface area contributed by atoms with Crippen molar-refractivity contribution >= 4 is 0 Å². The molecule has 19 heavy (non-hydrogen) atoms. The average molecular weight is 256 g/mol. The molecule has 2 N–H and O–H groups in total. The number of benzene rings is 1. The van der Waals surface area contributed by atoms with Crippen molar-refractivity contribution in [1.82, 2.24) is 4.57 Å². The zero-order valence-corrected chi connectivity index (χ0v) is 11.7. The minimum atomic E-state index is 0.0244. The SMILES string of the molecule is Cc1cc(-c2ccccc2)n(C(C)C)c(=O)c1CN. The quantitative estimate of drug-likeness (QED) is 0.918. The minimum Gasteiger partial charge on any atom is -0.326 e. The number of aromatic nitrogens is 1. The summed E-state index contributed by atoms with van der Waals surface area (Å²) in [4.78, 5) is 12.5. The van der Waals surface area contributed by atoms with E-state index in [4.69, 9.17) is 5.73 Å². The summed E-state index contributed by atoms with van der Waals surface area (Å²) in [7, 11) is 0. The highest BCUT2D eigenvalue weighted by Crippen LogP contribution is 2.22. The van der Waals surface area contributed by atoms with Crippen LogP contribution in [0.25, 0.3) is 11.3 Å². The summed E-state index contributed by atoms with van der Waals surface area (Å²) in [5.41, 5.74) is 9.39. The Balaban J connectivity index is 2.78. The predicted octanol–water partition coefficient (Wildman–Crippen LogP) is 2.86. The van der Waals surface area contributed by atoms with Crippen LogP contribution >= 0.6 is 0 Å². The van der Waals surface area contributed by atoms with Crippen molar-refractivity contribution < 1.29 is 0 Å². The molecule has 0 atom stereocenters. The third-order valence-corrected chi connectivity index (χ3v) is 3.36. The maximum atomic E-state index is 12.5. The van der Waals surface area contributed by atoms with E-state index in [9.17, 15) is 4.79 Å². The Morgan fingerprint density at radius 1 is 1.21 bits per heavy atom. The van der Waals surface area contributed by atoms with Crippen LogP contribution in [0.2, 0.25) is 0 Å². The third-order valence-electron chi connectivity index (χ3n) is 3.36. The smallest absolute Gasteiger partial charge is 0.256 e. The normalized spacial score (nSPS) is 11.0. The molecule has 0 radical (unpaired) electrons. The van der Waals surface area contributed by atoms with Gasteiger partial charge in [-0.2, -0.15) is 0 Å². The molecule has 0 saturated carbocycles. The van der Waals surface area contributed by atoms with Crippen molar-refractivity contribution in [2.24, 2.45) is 5.73 Å². The number of nitrogens with zero attached hydrogens (tertiary/aromatic N) is 1. The summed E-state index contributed by atoms with van der Waals surface area (Å²) in [6.07, 6.45) is 0. The molecule has 2 aromatic rings. The fourth-order valence-corrected chi connectivity index (χ4v) is 2.38. The molecule has 0 aliphatic heterocycles. The summed E-state index contributed by atoms with van der Waals surface area (Å²) in [5, 5.41) is 0. The molecule has 0 spiro atoms. The molecule has 0 unspecified atom stereocenters. The molecule has 0 aliphatic carbocycles. The van der Waals surface area contributed by atoms with Crippen LogP contribution in [0, 0.1) is 6.92 Å².